The Morgan fingerprint density at radius 3 is 1.34 bits per heavy atom. The number of hydrogen-bond acceptors (Lipinski definition) is 9. The van der Waals surface area contributed by atoms with Gasteiger partial charge in [0.2, 0.25) is 5.95 Å². The summed E-state index contributed by atoms with van der Waals surface area (Å²) in [4.78, 5) is 15.5. The van der Waals surface area contributed by atoms with Crippen molar-refractivity contribution >= 4 is 43.6 Å². The van der Waals surface area contributed by atoms with Crippen molar-refractivity contribution in [3.63, 3.8) is 0 Å². The second-order valence-corrected chi connectivity index (χ2v) is 22.2. The summed E-state index contributed by atoms with van der Waals surface area (Å²) >= 11 is 0. The molecule has 11 heteroatoms. The largest absolute Gasteiger partial charge is 0.381 e. The lowest BCUT2D eigenvalue weighted by Crippen LogP contribution is -2.45. The summed E-state index contributed by atoms with van der Waals surface area (Å²) in [6.07, 6.45) is 7.30. The Bertz CT molecular complexity index is 3600. The first kappa shape index (κ1) is 52.6. The van der Waals surface area contributed by atoms with Crippen molar-refractivity contribution in [2.45, 2.75) is 72.0 Å². The van der Waals surface area contributed by atoms with E-state index < -0.39 is 0 Å². The molecule has 0 spiro atoms. The quantitative estimate of drug-likeness (QED) is 0.0490. The fourth-order valence-corrected chi connectivity index (χ4v) is 11.1. The summed E-state index contributed by atoms with van der Waals surface area (Å²) in [7, 11) is 0. The maximum atomic E-state index is 6.37. The minimum Gasteiger partial charge on any atom is -0.381 e. The molecule has 2 aliphatic rings. The Kier molecular flexibility index (Phi) is 16.0. The van der Waals surface area contributed by atoms with E-state index in [0.717, 1.165) is 176 Å². The number of unbranched alkanes of at least 4 members (excludes halogenated alkanes) is 4. The van der Waals surface area contributed by atoms with E-state index in [1.54, 1.807) is 0 Å². The van der Waals surface area contributed by atoms with Crippen LogP contribution in [0.5, 0.6) is 0 Å². The molecule has 0 amide bonds. The number of aromatic nitrogens is 5. The van der Waals surface area contributed by atoms with Crippen molar-refractivity contribution in [3.05, 3.63) is 175 Å². The van der Waals surface area contributed by atoms with Gasteiger partial charge in [-0.1, -0.05) is 117 Å². The highest BCUT2D eigenvalue weighted by molar-refractivity contribution is 6.13. The third-order valence-corrected chi connectivity index (χ3v) is 15.9. The van der Waals surface area contributed by atoms with E-state index in [1.807, 2.05) is 36.4 Å². The lowest BCUT2D eigenvalue weighted by atomic mass is 9.84. The lowest BCUT2D eigenvalue weighted by Gasteiger charge is -2.40. The van der Waals surface area contributed by atoms with E-state index in [0.29, 0.717) is 37.4 Å². The summed E-state index contributed by atoms with van der Waals surface area (Å²) in [5.41, 5.74) is 12.2. The molecule has 3 aromatic heterocycles. The molecule has 2 fully saturated rings. The molecule has 10 aromatic rings. The Morgan fingerprint density at radius 2 is 0.873 bits per heavy atom. The predicted molar refractivity (Wildman–Crippen MR) is 316 cm³/mol. The van der Waals surface area contributed by atoms with Crippen LogP contribution in [0, 0.1) is 10.8 Å². The maximum absolute atomic E-state index is 6.37. The monoisotopic (exact) mass is 1050 g/mol. The van der Waals surface area contributed by atoms with Gasteiger partial charge in [-0.05, 0) is 128 Å². The molecule has 0 radical (unpaired) electrons. The first-order valence-corrected chi connectivity index (χ1v) is 28.5. The van der Waals surface area contributed by atoms with Crippen LogP contribution in [0.1, 0.15) is 69.9 Å². The van der Waals surface area contributed by atoms with Gasteiger partial charge in [0.05, 0.1) is 74.9 Å². The second-order valence-electron chi connectivity index (χ2n) is 22.2. The average molecular weight is 1050 g/mol. The normalized spacial score (nSPS) is 14.8. The van der Waals surface area contributed by atoms with Gasteiger partial charge < -0.3 is 33.0 Å². The fourth-order valence-electron chi connectivity index (χ4n) is 11.1. The average Bonchev–Trinajstić information content (AvgIpc) is 4.17. The molecule has 0 aliphatic carbocycles. The number of nitrogens with zero attached hydrogens (tertiary/aromatic N) is 5. The van der Waals surface area contributed by atoms with Crippen molar-refractivity contribution in [1.29, 1.82) is 0 Å². The molecule has 79 heavy (non-hydrogen) atoms. The smallest absolute Gasteiger partial charge is 0.238 e. The highest BCUT2D eigenvalue weighted by Crippen LogP contribution is 2.40. The van der Waals surface area contributed by atoms with Gasteiger partial charge in [-0.25, -0.2) is 4.98 Å². The van der Waals surface area contributed by atoms with Gasteiger partial charge in [0.25, 0.3) is 0 Å². The van der Waals surface area contributed by atoms with Crippen molar-refractivity contribution in [2.24, 2.45) is 10.8 Å². The Balaban J connectivity index is 0.850. The highest BCUT2D eigenvalue weighted by atomic mass is 16.5. The van der Waals surface area contributed by atoms with E-state index >= 15 is 0 Å². The molecular formula is C68H71N5O6. The van der Waals surface area contributed by atoms with Crippen LogP contribution in [-0.4, -0.2) is 90.2 Å². The Hall–Kier alpha value is -7.09. The number of rotatable bonds is 26. The molecule has 12 rings (SSSR count). The van der Waals surface area contributed by atoms with Gasteiger partial charge >= 0.3 is 0 Å². The third kappa shape index (κ3) is 11.7. The van der Waals surface area contributed by atoms with Crippen LogP contribution in [0.3, 0.4) is 0 Å². The zero-order chi connectivity index (χ0) is 53.4. The van der Waals surface area contributed by atoms with Gasteiger partial charge in [-0.2, -0.15) is 9.97 Å². The van der Waals surface area contributed by atoms with Gasteiger partial charge in [0.1, 0.15) is 0 Å². The molecule has 5 heterocycles. The summed E-state index contributed by atoms with van der Waals surface area (Å²) in [5, 5.41) is 4.60. The minimum atomic E-state index is 0.194. The lowest BCUT2D eigenvalue weighted by molar-refractivity contribution is -0.150. The SMILES string of the molecule is CCC1(COCCCCCOCc2ccc3c(c2)c2cc(-c4ccc5c(c4)c4cc(COCCCCCOCC6(C)COC6)ccc4n5-c4ccccc4)ccc2n3-c2nc(-c3ccccc3)nc(-c3ccccc3)n2)COC1. The van der Waals surface area contributed by atoms with Crippen molar-refractivity contribution in [1.82, 2.24) is 24.1 Å². The fraction of sp³-hybridized carbons (Fsp3) is 0.338. The van der Waals surface area contributed by atoms with Crippen molar-refractivity contribution in [3.8, 4) is 45.5 Å². The third-order valence-electron chi connectivity index (χ3n) is 15.9. The zero-order valence-electron chi connectivity index (χ0n) is 45.7. The Morgan fingerprint density at radius 1 is 0.430 bits per heavy atom. The first-order valence-electron chi connectivity index (χ1n) is 28.5. The molecule has 11 nitrogen and oxygen atoms in total. The molecule has 2 aliphatic heterocycles. The van der Waals surface area contributed by atoms with Crippen LogP contribution in [0.15, 0.2) is 164 Å². The first-order chi connectivity index (χ1) is 38.9. The van der Waals surface area contributed by atoms with E-state index in [4.69, 9.17) is 43.4 Å². The molecule has 7 aromatic carbocycles. The summed E-state index contributed by atoms with van der Waals surface area (Å²) in [6, 6.07) is 58.2. The summed E-state index contributed by atoms with van der Waals surface area (Å²) < 4.78 is 40.1. The van der Waals surface area contributed by atoms with Crippen molar-refractivity contribution < 1.29 is 28.4 Å². The van der Waals surface area contributed by atoms with Gasteiger partial charge in [0, 0.05) is 75.6 Å². The van der Waals surface area contributed by atoms with Crippen molar-refractivity contribution in [2.75, 3.05) is 66.1 Å². The molecule has 2 saturated heterocycles. The van der Waals surface area contributed by atoms with Crippen LogP contribution in [0.2, 0.25) is 0 Å². The van der Waals surface area contributed by atoms with E-state index in [-0.39, 0.29) is 10.8 Å². The highest BCUT2D eigenvalue weighted by Gasteiger charge is 2.37. The van der Waals surface area contributed by atoms with Crippen LogP contribution in [-0.2, 0) is 41.6 Å². The minimum absolute atomic E-state index is 0.194. The van der Waals surface area contributed by atoms with E-state index in [2.05, 4.69) is 150 Å². The topological polar surface area (TPSA) is 104 Å². The molecule has 404 valence electrons. The zero-order valence-corrected chi connectivity index (χ0v) is 45.7. The number of hydrogen-bond donors (Lipinski definition) is 0. The predicted octanol–water partition coefficient (Wildman–Crippen LogP) is 14.9. The number of fused-ring (bicyclic) bond motifs is 6. The van der Waals surface area contributed by atoms with E-state index in [9.17, 15) is 0 Å². The number of benzene rings is 7. The number of ether oxygens (including phenoxy) is 6. The molecular weight excluding hydrogens is 983 g/mol. The van der Waals surface area contributed by atoms with Gasteiger partial charge in [-0.3, -0.25) is 4.57 Å². The molecule has 0 saturated carbocycles. The molecule has 0 N–H and O–H groups in total. The van der Waals surface area contributed by atoms with Crippen LogP contribution in [0.25, 0.3) is 89.2 Å². The van der Waals surface area contributed by atoms with Crippen LogP contribution >= 0.6 is 0 Å². The molecule has 0 atom stereocenters. The maximum Gasteiger partial charge on any atom is 0.238 e. The van der Waals surface area contributed by atoms with Crippen LogP contribution in [0.4, 0.5) is 0 Å². The van der Waals surface area contributed by atoms with Crippen LogP contribution < -0.4 is 0 Å². The van der Waals surface area contributed by atoms with E-state index in [1.165, 1.54) is 10.8 Å². The molecule has 0 unspecified atom stereocenters. The second kappa shape index (κ2) is 24.1. The standard InChI is InChI=1S/C68H71N5O6/c1-3-68(47-79-48-68)46-77-36-18-8-16-34-75-42-50-26-30-62-57(38-50)59-40-54(28-32-63(59)73(62)66-70-64(51-19-9-4-10-20-51)69-65(71-66)52-21-11-5-12-22-52)53-27-31-61-58(39-53)56-37-49(25-29-60(56)72(61)55-23-13-6-14-24-55)41-74-33-15-7-17-35-76-43-67(2)44-78-45-67/h4-6,9-14,19-32,37-40H,3,7-8,15-18,33-36,41-48H2,1-2H3. The Labute approximate surface area is 463 Å². The number of para-hydroxylation sites is 1. The van der Waals surface area contributed by atoms with Gasteiger partial charge in [0.15, 0.2) is 11.6 Å². The molecule has 0 bridgehead atoms. The summed E-state index contributed by atoms with van der Waals surface area (Å²) in [6.45, 7) is 13.3. The van der Waals surface area contributed by atoms with Gasteiger partial charge in [-0.15, -0.1) is 0 Å². The summed E-state index contributed by atoms with van der Waals surface area (Å²) in [5.74, 6) is 1.79.